The zero-order chi connectivity index (χ0) is 19.4. The Hall–Kier alpha value is -2.65. The van der Waals surface area contributed by atoms with Crippen LogP contribution < -0.4 is 20.9 Å². The molecule has 9 heteroatoms. The van der Waals surface area contributed by atoms with E-state index in [2.05, 4.69) is 21.2 Å². The van der Waals surface area contributed by atoms with E-state index in [4.69, 9.17) is 4.74 Å². The van der Waals surface area contributed by atoms with Crippen molar-refractivity contribution in [2.45, 2.75) is 30.7 Å². The van der Waals surface area contributed by atoms with Crippen LogP contribution >= 0.6 is 0 Å². The Kier molecular flexibility index (Phi) is 5.62. The summed E-state index contributed by atoms with van der Waals surface area (Å²) in [6, 6.07) is 6.74. The lowest BCUT2D eigenvalue weighted by molar-refractivity contribution is -0.164. The number of pyridine rings is 1. The molecule has 0 radical (unpaired) electrons. The highest BCUT2D eigenvalue weighted by atomic mass is 19.4. The van der Waals surface area contributed by atoms with Crippen LogP contribution in [-0.2, 0) is 4.79 Å². The Labute approximate surface area is 154 Å². The third kappa shape index (κ3) is 4.37. The average Bonchev–Trinajstić information content (AvgIpc) is 3.15. The summed E-state index contributed by atoms with van der Waals surface area (Å²) in [5.41, 5.74) is 6.41. The lowest BCUT2D eigenvalue weighted by atomic mass is 10.0. The fourth-order valence-corrected chi connectivity index (χ4v) is 3.03. The molecule has 27 heavy (non-hydrogen) atoms. The second kappa shape index (κ2) is 7.93. The first-order chi connectivity index (χ1) is 12.9. The maximum absolute atomic E-state index is 13.4. The van der Waals surface area contributed by atoms with Crippen LogP contribution in [0.5, 0.6) is 5.75 Å². The largest absolute Gasteiger partial charge is 0.496 e. The third-order valence-electron chi connectivity index (χ3n) is 4.37. The van der Waals surface area contributed by atoms with Crippen LogP contribution in [0.25, 0.3) is 0 Å². The van der Waals surface area contributed by atoms with Gasteiger partial charge in [-0.15, -0.1) is 0 Å². The smallest absolute Gasteiger partial charge is 0.412 e. The van der Waals surface area contributed by atoms with E-state index in [1.165, 1.54) is 25.4 Å². The number of hydrogen-bond donors (Lipinski definition) is 3. The molecular formula is C18H19F3N4O2. The van der Waals surface area contributed by atoms with E-state index in [1.807, 2.05) is 18.2 Å². The highest BCUT2D eigenvalue weighted by Gasteiger charge is 2.43. The SMILES string of the molecule is COc1ccccc1C1CC(C(=O)NC(c2cccnc2)C(F)(F)F)NN1. The molecular weight excluding hydrogens is 361 g/mol. The maximum Gasteiger partial charge on any atom is 0.412 e. The highest BCUT2D eigenvalue weighted by molar-refractivity contribution is 5.82. The zero-order valence-electron chi connectivity index (χ0n) is 14.5. The van der Waals surface area contributed by atoms with Crippen molar-refractivity contribution in [1.82, 2.24) is 21.2 Å². The summed E-state index contributed by atoms with van der Waals surface area (Å²) >= 11 is 0. The van der Waals surface area contributed by atoms with Crippen LogP contribution in [0.2, 0.25) is 0 Å². The maximum atomic E-state index is 13.4. The normalized spacial score (nSPS) is 20.9. The number of carbonyl (C=O) groups excluding carboxylic acids is 1. The number of nitrogens with one attached hydrogen (secondary N) is 3. The fourth-order valence-electron chi connectivity index (χ4n) is 3.03. The van der Waals surface area contributed by atoms with Gasteiger partial charge in [-0.25, -0.2) is 10.9 Å². The summed E-state index contributed by atoms with van der Waals surface area (Å²) in [5.74, 6) is -0.104. The zero-order valence-corrected chi connectivity index (χ0v) is 14.5. The van der Waals surface area contributed by atoms with Gasteiger partial charge in [0.15, 0.2) is 6.04 Å². The van der Waals surface area contributed by atoms with Crippen LogP contribution in [0, 0.1) is 0 Å². The number of aromatic nitrogens is 1. The molecule has 1 fully saturated rings. The van der Waals surface area contributed by atoms with Crippen molar-refractivity contribution in [3.05, 3.63) is 59.9 Å². The van der Waals surface area contributed by atoms with Gasteiger partial charge in [-0.05, 0) is 18.6 Å². The molecule has 3 N–H and O–H groups in total. The first-order valence-electron chi connectivity index (χ1n) is 8.31. The summed E-state index contributed by atoms with van der Waals surface area (Å²) in [6.45, 7) is 0. The van der Waals surface area contributed by atoms with Crippen LogP contribution in [0.15, 0.2) is 48.8 Å². The number of benzene rings is 1. The lowest BCUT2D eigenvalue weighted by Gasteiger charge is -2.23. The summed E-state index contributed by atoms with van der Waals surface area (Å²) in [6.07, 6.45) is -1.88. The van der Waals surface area contributed by atoms with Gasteiger partial charge in [-0.2, -0.15) is 13.2 Å². The van der Waals surface area contributed by atoms with E-state index in [0.717, 1.165) is 11.8 Å². The molecule has 0 spiro atoms. The molecule has 3 unspecified atom stereocenters. The minimum Gasteiger partial charge on any atom is -0.496 e. The summed E-state index contributed by atoms with van der Waals surface area (Å²) in [4.78, 5) is 16.1. The number of carbonyl (C=O) groups is 1. The number of hydrogen-bond acceptors (Lipinski definition) is 5. The molecule has 0 bridgehead atoms. The summed E-state index contributed by atoms with van der Waals surface area (Å²) in [7, 11) is 1.53. The topological polar surface area (TPSA) is 75.3 Å². The number of hydrazine groups is 1. The Morgan fingerprint density at radius 1 is 1.26 bits per heavy atom. The molecule has 144 valence electrons. The molecule has 3 atom stereocenters. The highest BCUT2D eigenvalue weighted by Crippen LogP contribution is 2.33. The molecule has 1 aliphatic rings. The van der Waals surface area contributed by atoms with Crippen molar-refractivity contribution in [2.24, 2.45) is 0 Å². The van der Waals surface area contributed by atoms with E-state index in [-0.39, 0.29) is 18.0 Å². The van der Waals surface area contributed by atoms with E-state index >= 15 is 0 Å². The number of para-hydroxylation sites is 1. The first-order valence-corrected chi connectivity index (χ1v) is 8.31. The molecule has 1 saturated heterocycles. The van der Waals surface area contributed by atoms with Crippen LogP contribution in [-0.4, -0.2) is 30.2 Å². The minimum absolute atomic E-state index is 0.120. The number of amides is 1. The number of ether oxygens (including phenoxy) is 1. The molecule has 3 rings (SSSR count). The van der Waals surface area contributed by atoms with E-state index in [9.17, 15) is 18.0 Å². The molecule has 0 aliphatic carbocycles. The van der Waals surface area contributed by atoms with Crippen molar-refractivity contribution >= 4 is 5.91 Å². The molecule has 6 nitrogen and oxygen atoms in total. The molecule has 1 aromatic heterocycles. The number of halogens is 3. The molecule has 1 amide bonds. The number of methoxy groups -OCH3 is 1. The van der Waals surface area contributed by atoms with Gasteiger partial charge in [-0.3, -0.25) is 9.78 Å². The predicted octanol–water partition coefficient (Wildman–Crippen LogP) is 2.42. The van der Waals surface area contributed by atoms with Gasteiger partial charge in [0.2, 0.25) is 5.91 Å². The molecule has 1 aliphatic heterocycles. The van der Waals surface area contributed by atoms with Crippen molar-refractivity contribution in [2.75, 3.05) is 7.11 Å². The Balaban J connectivity index is 1.71. The monoisotopic (exact) mass is 380 g/mol. The second-order valence-electron chi connectivity index (χ2n) is 6.14. The second-order valence-corrected chi connectivity index (χ2v) is 6.14. The molecule has 1 aromatic carbocycles. The lowest BCUT2D eigenvalue weighted by Crippen LogP contribution is -2.47. The summed E-state index contributed by atoms with van der Waals surface area (Å²) in [5, 5.41) is 2.08. The van der Waals surface area contributed by atoms with Crippen molar-refractivity contribution < 1.29 is 22.7 Å². The number of rotatable bonds is 5. The van der Waals surface area contributed by atoms with Gasteiger partial charge in [0, 0.05) is 23.5 Å². The van der Waals surface area contributed by atoms with E-state index in [1.54, 1.807) is 6.07 Å². The van der Waals surface area contributed by atoms with Gasteiger partial charge in [0.05, 0.1) is 13.2 Å². The molecule has 2 heterocycles. The van der Waals surface area contributed by atoms with Crippen LogP contribution in [0.1, 0.15) is 29.6 Å². The standard InChI is InChI=1S/C18H19F3N4O2/c1-27-15-7-3-2-6-12(15)13-9-14(25-24-13)17(26)23-16(18(19,20)21)11-5-4-8-22-10-11/h2-8,10,13-14,16,24-25H,9H2,1H3,(H,23,26). The Morgan fingerprint density at radius 2 is 2.04 bits per heavy atom. The molecule has 0 saturated carbocycles. The van der Waals surface area contributed by atoms with Crippen LogP contribution in [0.4, 0.5) is 13.2 Å². The quantitative estimate of drug-likeness (QED) is 0.743. The van der Waals surface area contributed by atoms with Gasteiger partial charge in [0.1, 0.15) is 11.8 Å². The van der Waals surface area contributed by atoms with Gasteiger partial charge in [-0.1, -0.05) is 24.3 Å². The Morgan fingerprint density at radius 3 is 2.70 bits per heavy atom. The van der Waals surface area contributed by atoms with Crippen molar-refractivity contribution in [3.63, 3.8) is 0 Å². The van der Waals surface area contributed by atoms with Crippen LogP contribution in [0.3, 0.4) is 0 Å². The number of nitrogens with zero attached hydrogens (tertiary/aromatic N) is 1. The van der Waals surface area contributed by atoms with Crippen molar-refractivity contribution in [1.29, 1.82) is 0 Å². The Bertz CT molecular complexity index is 786. The van der Waals surface area contributed by atoms with Gasteiger partial charge in [0.25, 0.3) is 0 Å². The fraction of sp³-hybridized carbons (Fsp3) is 0.333. The van der Waals surface area contributed by atoms with E-state index in [0.29, 0.717) is 5.75 Å². The minimum atomic E-state index is -4.63. The molecule has 2 aromatic rings. The van der Waals surface area contributed by atoms with Crippen molar-refractivity contribution in [3.8, 4) is 5.75 Å². The van der Waals surface area contributed by atoms with Gasteiger partial charge >= 0.3 is 6.18 Å². The third-order valence-corrected chi connectivity index (χ3v) is 4.37. The summed E-state index contributed by atoms with van der Waals surface area (Å²) < 4.78 is 45.5. The first kappa shape index (κ1) is 19.1. The average molecular weight is 380 g/mol. The predicted molar refractivity (Wildman–Crippen MR) is 91.6 cm³/mol. The number of alkyl halides is 3. The van der Waals surface area contributed by atoms with E-state index < -0.39 is 24.2 Å². The van der Waals surface area contributed by atoms with Gasteiger partial charge < -0.3 is 10.1 Å².